The SMILES string of the molecule is CN(C)C(CNCc1cn[nH]c1-c1cccs1)c1ccc(F)cc1. The fraction of sp³-hybridized carbons (Fsp3) is 0.278. The van der Waals surface area contributed by atoms with Gasteiger partial charge in [-0.15, -0.1) is 11.3 Å². The maximum absolute atomic E-state index is 13.1. The van der Waals surface area contributed by atoms with E-state index in [1.54, 1.807) is 11.3 Å². The summed E-state index contributed by atoms with van der Waals surface area (Å²) in [5.74, 6) is -0.205. The first-order valence-corrected chi connectivity index (χ1v) is 8.72. The van der Waals surface area contributed by atoms with Crippen LogP contribution in [0.5, 0.6) is 0 Å². The van der Waals surface area contributed by atoms with Crippen LogP contribution in [0.15, 0.2) is 48.0 Å². The van der Waals surface area contributed by atoms with Crippen molar-refractivity contribution in [2.24, 2.45) is 0 Å². The second-order valence-corrected chi connectivity index (χ2v) is 6.86. The van der Waals surface area contributed by atoms with Crippen molar-refractivity contribution in [2.75, 3.05) is 20.6 Å². The molecular formula is C18H21FN4S. The highest BCUT2D eigenvalue weighted by molar-refractivity contribution is 7.13. The van der Waals surface area contributed by atoms with E-state index >= 15 is 0 Å². The topological polar surface area (TPSA) is 44.0 Å². The highest BCUT2D eigenvalue weighted by atomic mass is 32.1. The summed E-state index contributed by atoms with van der Waals surface area (Å²) in [7, 11) is 4.06. The van der Waals surface area contributed by atoms with Crippen molar-refractivity contribution in [1.29, 1.82) is 0 Å². The third-order valence-corrected chi connectivity index (χ3v) is 4.90. The Morgan fingerprint density at radius 1 is 1.25 bits per heavy atom. The summed E-state index contributed by atoms with van der Waals surface area (Å²) in [5, 5.41) is 12.8. The molecule has 1 aromatic carbocycles. The fourth-order valence-corrected chi connectivity index (χ4v) is 3.46. The van der Waals surface area contributed by atoms with E-state index in [9.17, 15) is 4.39 Å². The molecule has 2 N–H and O–H groups in total. The number of aromatic nitrogens is 2. The molecule has 0 saturated carbocycles. The number of H-pyrrole nitrogens is 1. The van der Waals surface area contributed by atoms with E-state index in [0.717, 1.165) is 29.9 Å². The third kappa shape index (κ3) is 3.90. The fourth-order valence-electron chi connectivity index (χ4n) is 2.71. The minimum atomic E-state index is -0.205. The van der Waals surface area contributed by atoms with Crippen LogP contribution in [-0.2, 0) is 6.54 Å². The van der Waals surface area contributed by atoms with E-state index in [0.29, 0.717) is 0 Å². The number of nitrogens with one attached hydrogen (secondary N) is 2. The number of likely N-dealkylation sites (N-methyl/N-ethyl adjacent to an activating group) is 1. The first-order chi connectivity index (χ1) is 11.6. The second kappa shape index (κ2) is 7.70. The van der Waals surface area contributed by atoms with E-state index in [1.165, 1.54) is 17.0 Å². The number of halogens is 1. The number of benzene rings is 1. The zero-order valence-corrected chi connectivity index (χ0v) is 14.6. The van der Waals surface area contributed by atoms with Crippen molar-refractivity contribution in [2.45, 2.75) is 12.6 Å². The van der Waals surface area contributed by atoms with Crippen LogP contribution in [0.2, 0.25) is 0 Å². The van der Waals surface area contributed by atoms with Gasteiger partial charge in [0, 0.05) is 24.7 Å². The largest absolute Gasteiger partial charge is 0.311 e. The number of nitrogens with zero attached hydrogens (tertiary/aromatic N) is 2. The molecule has 0 amide bonds. The second-order valence-electron chi connectivity index (χ2n) is 5.91. The van der Waals surface area contributed by atoms with Gasteiger partial charge in [-0.2, -0.15) is 5.10 Å². The molecule has 6 heteroatoms. The molecule has 2 heterocycles. The molecule has 3 rings (SSSR count). The van der Waals surface area contributed by atoms with E-state index in [2.05, 4.69) is 31.9 Å². The smallest absolute Gasteiger partial charge is 0.123 e. The molecule has 0 saturated heterocycles. The molecule has 1 unspecified atom stereocenters. The predicted molar refractivity (Wildman–Crippen MR) is 96.4 cm³/mol. The Morgan fingerprint density at radius 2 is 2.04 bits per heavy atom. The summed E-state index contributed by atoms with van der Waals surface area (Å²) >= 11 is 1.69. The normalized spacial score (nSPS) is 12.7. The van der Waals surface area contributed by atoms with Gasteiger partial charge in [-0.3, -0.25) is 5.10 Å². The van der Waals surface area contributed by atoms with Crippen LogP contribution in [0, 0.1) is 5.82 Å². The van der Waals surface area contributed by atoms with Crippen LogP contribution in [0.4, 0.5) is 4.39 Å². The van der Waals surface area contributed by atoms with Gasteiger partial charge in [0.05, 0.1) is 16.8 Å². The van der Waals surface area contributed by atoms with Crippen molar-refractivity contribution in [3.8, 4) is 10.6 Å². The molecule has 2 aromatic heterocycles. The number of hydrogen-bond acceptors (Lipinski definition) is 4. The van der Waals surface area contributed by atoms with Gasteiger partial charge in [0.1, 0.15) is 5.82 Å². The first kappa shape index (κ1) is 16.8. The molecule has 4 nitrogen and oxygen atoms in total. The van der Waals surface area contributed by atoms with Gasteiger partial charge < -0.3 is 10.2 Å². The van der Waals surface area contributed by atoms with Crippen LogP contribution in [0.3, 0.4) is 0 Å². The highest BCUT2D eigenvalue weighted by Crippen LogP contribution is 2.26. The molecule has 0 bridgehead atoms. The van der Waals surface area contributed by atoms with Gasteiger partial charge in [0.2, 0.25) is 0 Å². The summed E-state index contributed by atoms with van der Waals surface area (Å²) in [6.45, 7) is 1.50. The maximum Gasteiger partial charge on any atom is 0.123 e. The summed E-state index contributed by atoms with van der Waals surface area (Å²) in [4.78, 5) is 3.32. The van der Waals surface area contributed by atoms with Crippen LogP contribution < -0.4 is 5.32 Å². The molecule has 3 aromatic rings. The van der Waals surface area contributed by atoms with E-state index in [-0.39, 0.29) is 11.9 Å². The molecule has 0 aliphatic rings. The zero-order chi connectivity index (χ0) is 16.9. The Hall–Kier alpha value is -2.02. The number of hydrogen-bond donors (Lipinski definition) is 2. The average molecular weight is 344 g/mol. The van der Waals surface area contributed by atoms with Gasteiger partial charge in [-0.1, -0.05) is 18.2 Å². The van der Waals surface area contributed by atoms with Crippen LogP contribution in [0.25, 0.3) is 10.6 Å². The summed E-state index contributed by atoms with van der Waals surface area (Å²) < 4.78 is 13.1. The Kier molecular flexibility index (Phi) is 5.40. The Bertz CT molecular complexity index is 750. The summed E-state index contributed by atoms with van der Waals surface area (Å²) in [5.41, 5.74) is 3.31. The predicted octanol–water partition coefficient (Wildman–Crippen LogP) is 3.67. The monoisotopic (exact) mass is 344 g/mol. The summed E-state index contributed by atoms with van der Waals surface area (Å²) in [6.07, 6.45) is 1.87. The molecule has 0 fully saturated rings. The summed E-state index contributed by atoms with van der Waals surface area (Å²) in [6, 6.07) is 11.0. The first-order valence-electron chi connectivity index (χ1n) is 7.84. The average Bonchev–Trinajstić information content (AvgIpc) is 3.23. The lowest BCUT2D eigenvalue weighted by atomic mass is 10.1. The van der Waals surface area contributed by atoms with E-state index in [4.69, 9.17) is 0 Å². The minimum Gasteiger partial charge on any atom is -0.311 e. The maximum atomic E-state index is 13.1. The number of thiophene rings is 1. The lowest BCUT2D eigenvalue weighted by Gasteiger charge is -2.25. The molecule has 0 spiro atoms. The highest BCUT2D eigenvalue weighted by Gasteiger charge is 2.15. The van der Waals surface area contributed by atoms with Crippen molar-refractivity contribution < 1.29 is 4.39 Å². The van der Waals surface area contributed by atoms with Gasteiger partial charge in [-0.05, 0) is 43.2 Å². The van der Waals surface area contributed by atoms with Gasteiger partial charge in [0.25, 0.3) is 0 Å². The van der Waals surface area contributed by atoms with Crippen molar-refractivity contribution in [1.82, 2.24) is 20.4 Å². The number of rotatable bonds is 7. The lowest BCUT2D eigenvalue weighted by molar-refractivity contribution is 0.288. The van der Waals surface area contributed by atoms with Crippen LogP contribution >= 0.6 is 11.3 Å². The Labute approximate surface area is 145 Å². The van der Waals surface area contributed by atoms with Gasteiger partial charge in [0.15, 0.2) is 0 Å². The Morgan fingerprint density at radius 3 is 2.71 bits per heavy atom. The number of aromatic amines is 1. The van der Waals surface area contributed by atoms with Crippen LogP contribution in [0.1, 0.15) is 17.2 Å². The quantitative estimate of drug-likeness (QED) is 0.687. The molecule has 24 heavy (non-hydrogen) atoms. The molecule has 1 atom stereocenters. The van der Waals surface area contributed by atoms with Crippen LogP contribution in [-0.4, -0.2) is 35.7 Å². The lowest BCUT2D eigenvalue weighted by Crippen LogP contribution is -2.30. The van der Waals surface area contributed by atoms with Crippen molar-refractivity contribution in [3.63, 3.8) is 0 Å². The third-order valence-electron chi connectivity index (χ3n) is 4.02. The molecule has 126 valence electrons. The van der Waals surface area contributed by atoms with E-state index in [1.807, 2.05) is 38.5 Å². The molecule has 0 aliphatic carbocycles. The van der Waals surface area contributed by atoms with Gasteiger partial charge in [-0.25, -0.2) is 4.39 Å². The zero-order valence-electron chi connectivity index (χ0n) is 13.8. The van der Waals surface area contributed by atoms with Gasteiger partial charge >= 0.3 is 0 Å². The standard InChI is InChI=1S/C18H21FN4S/c1-23(2)16(13-5-7-15(19)8-6-13)12-20-10-14-11-21-22-18(14)17-4-3-9-24-17/h3-9,11,16,20H,10,12H2,1-2H3,(H,21,22). The van der Waals surface area contributed by atoms with Crippen molar-refractivity contribution in [3.05, 3.63) is 64.9 Å². The molecule has 0 radical (unpaired) electrons. The molecule has 0 aliphatic heterocycles. The Balaban J connectivity index is 1.64. The molecular weight excluding hydrogens is 323 g/mol. The van der Waals surface area contributed by atoms with E-state index < -0.39 is 0 Å². The van der Waals surface area contributed by atoms with Crippen molar-refractivity contribution >= 4 is 11.3 Å². The minimum absolute atomic E-state index is 0.183.